The molecule has 0 aliphatic rings. The number of rotatable bonds is 4. The van der Waals surface area contributed by atoms with Crippen LogP contribution in [0.1, 0.15) is 21.5 Å². The fourth-order valence-corrected chi connectivity index (χ4v) is 1.38. The van der Waals surface area contributed by atoms with Crippen molar-refractivity contribution in [3.63, 3.8) is 0 Å². The third-order valence-electron chi connectivity index (χ3n) is 2.16. The number of benzene rings is 1. The zero-order valence-electron chi connectivity index (χ0n) is 8.61. The van der Waals surface area contributed by atoms with Gasteiger partial charge in [0, 0.05) is 11.1 Å². The predicted molar refractivity (Wildman–Crippen MR) is 54.5 cm³/mol. The van der Waals surface area contributed by atoms with Gasteiger partial charge in [-0.1, -0.05) is 0 Å². The average Bonchev–Trinajstić information content (AvgIpc) is 2.19. The standard InChI is InChI=1S/C11H12O4/c1-7-9(6-12)3-8(5-11(13)14)4-10(7)15-2/h3-4,6H,5H2,1-2H3,(H,13,14). The van der Waals surface area contributed by atoms with Gasteiger partial charge in [0.25, 0.3) is 0 Å². The first-order valence-electron chi connectivity index (χ1n) is 4.43. The van der Waals surface area contributed by atoms with E-state index in [0.29, 0.717) is 23.2 Å². The summed E-state index contributed by atoms with van der Waals surface area (Å²) in [4.78, 5) is 21.3. The molecular weight excluding hydrogens is 196 g/mol. The van der Waals surface area contributed by atoms with Crippen LogP contribution < -0.4 is 4.74 Å². The first-order valence-corrected chi connectivity index (χ1v) is 4.43. The Morgan fingerprint density at radius 3 is 2.67 bits per heavy atom. The van der Waals surface area contributed by atoms with Crippen molar-refractivity contribution in [2.24, 2.45) is 0 Å². The van der Waals surface area contributed by atoms with Crippen LogP contribution in [0.15, 0.2) is 12.1 Å². The van der Waals surface area contributed by atoms with Crippen molar-refractivity contribution >= 4 is 12.3 Å². The second kappa shape index (κ2) is 4.59. The maximum Gasteiger partial charge on any atom is 0.307 e. The van der Waals surface area contributed by atoms with Crippen molar-refractivity contribution in [3.05, 3.63) is 28.8 Å². The van der Waals surface area contributed by atoms with Gasteiger partial charge in [-0.2, -0.15) is 0 Å². The van der Waals surface area contributed by atoms with E-state index < -0.39 is 5.97 Å². The van der Waals surface area contributed by atoms with Crippen LogP contribution in [0.25, 0.3) is 0 Å². The molecule has 0 saturated heterocycles. The van der Waals surface area contributed by atoms with Crippen molar-refractivity contribution < 1.29 is 19.4 Å². The number of aldehydes is 1. The van der Waals surface area contributed by atoms with E-state index in [2.05, 4.69) is 0 Å². The highest BCUT2D eigenvalue weighted by atomic mass is 16.5. The Kier molecular flexibility index (Phi) is 3.44. The molecule has 0 saturated carbocycles. The van der Waals surface area contributed by atoms with Gasteiger partial charge in [0.15, 0.2) is 0 Å². The Hall–Kier alpha value is -1.84. The first kappa shape index (κ1) is 11.2. The number of aliphatic carboxylic acids is 1. The Balaban J connectivity index is 3.20. The molecule has 1 aromatic rings. The van der Waals surface area contributed by atoms with Gasteiger partial charge in [-0.25, -0.2) is 0 Å². The number of carbonyl (C=O) groups is 2. The molecule has 0 spiro atoms. The van der Waals surface area contributed by atoms with Crippen molar-refractivity contribution in [3.8, 4) is 5.75 Å². The molecule has 0 atom stereocenters. The summed E-state index contributed by atoms with van der Waals surface area (Å²) in [5.74, 6) is -0.395. The minimum atomic E-state index is -0.933. The normalized spacial score (nSPS) is 9.73. The van der Waals surface area contributed by atoms with Gasteiger partial charge in [0.2, 0.25) is 0 Å². The largest absolute Gasteiger partial charge is 0.496 e. The third-order valence-corrected chi connectivity index (χ3v) is 2.16. The molecule has 1 rings (SSSR count). The minimum absolute atomic E-state index is 0.114. The van der Waals surface area contributed by atoms with Crippen molar-refractivity contribution in [1.29, 1.82) is 0 Å². The highest BCUT2D eigenvalue weighted by Gasteiger charge is 2.09. The van der Waals surface area contributed by atoms with Crippen LogP contribution in [-0.2, 0) is 11.2 Å². The molecule has 1 N–H and O–H groups in total. The van der Waals surface area contributed by atoms with Gasteiger partial charge in [0.05, 0.1) is 13.5 Å². The molecule has 0 aliphatic heterocycles. The summed E-state index contributed by atoms with van der Waals surface area (Å²) >= 11 is 0. The van der Waals surface area contributed by atoms with E-state index in [1.165, 1.54) is 7.11 Å². The summed E-state index contributed by atoms with van der Waals surface area (Å²) in [6.07, 6.45) is 0.584. The molecule has 1 aromatic carbocycles. The lowest BCUT2D eigenvalue weighted by Crippen LogP contribution is -2.02. The van der Waals surface area contributed by atoms with E-state index in [0.717, 1.165) is 5.56 Å². The molecule has 0 aromatic heterocycles. The van der Waals surface area contributed by atoms with E-state index in [4.69, 9.17) is 9.84 Å². The molecule has 15 heavy (non-hydrogen) atoms. The number of hydrogen-bond acceptors (Lipinski definition) is 3. The third kappa shape index (κ3) is 2.56. The highest BCUT2D eigenvalue weighted by molar-refractivity contribution is 5.80. The molecule has 0 radical (unpaired) electrons. The lowest BCUT2D eigenvalue weighted by molar-refractivity contribution is -0.136. The van der Waals surface area contributed by atoms with Gasteiger partial charge in [-0.3, -0.25) is 9.59 Å². The van der Waals surface area contributed by atoms with Crippen LogP contribution in [0.5, 0.6) is 5.75 Å². The molecule has 0 unspecified atom stereocenters. The quantitative estimate of drug-likeness (QED) is 0.760. The summed E-state index contributed by atoms with van der Waals surface area (Å²) in [5.41, 5.74) is 1.75. The monoisotopic (exact) mass is 208 g/mol. The Labute approximate surface area is 87.5 Å². The molecule has 4 nitrogen and oxygen atoms in total. The second-order valence-electron chi connectivity index (χ2n) is 3.20. The summed E-state index contributed by atoms with van der Waals surface area (Å²) in [6, 6.07) is 3.20. The maximum atomic E-state index is 10.7. The van der Waals surface area contributed by atoms with Crippen molar-refractivity contribution in [2.75, 3.05) is 7.11 Å². The van der Waals surface area contributed by atoms with Crippen molar-refractivity contribution in [1.82, 2.24) is 0 Å². The zero-order chi connectivity index (χ0) is 11.4. The van der Waals surface area contributed by atoms with Crippen LogP contribution in [0.4, 0.5) is 0 Å². The fraction of sp³-hybridized carbons (Fsp3) is 0.273. The van der Waals surface area contributed by atoms with E-state index >= 15 is 0 Å². The summed E-state index contributed by atoms with van der Waals surface area (Å²) in [5, 5.41) is 8.63. The molecule has 0 heterocycles. The van der Waals surface area contributed by atoms with Crippen LogP contribution in [0, 0.1) is 6.92 Å². The molecular formula is C11H12O4. The Morgan fingerprint density at radius 2 is 2.20 bits per heavy atom. The lowest BCUT2D eigenvalue weighted by atomic mass is 10.0. The maximum absolute atomic E-state index is 10.7. The minimum Gasteiger partial charge on any atom is -0.496 e. The van der Waals surface area contributed by atoms with Crippen LogP contribution in [0.2, 0.25) is 0 Å². The van der Waals surface area contributed by atoms with Gasteiger partial charge in [-0.05, 0) is 24.6 Å². The topological polar surface area (TPSA) is 63.6 Å². The SMILES string of the molecule is COc1cc(CC(=O)O)cc(C=O)c1C. The number of carboxylic acid groups (broad SMARTS) is 1. The molecule has 0 amide bonds. The van der Waals surface area contributed by atoms with Gasteiger partial charge in [0.1, 0.15) is 12.0 Å². The van der Waals surface area contributed by atoms with Crippen LogP contribution in [0.3, 0.4) is 0 Å². The molecule has 80 valence electrons. The summed E-state index contributed by atoms with van der Waals surface area (Å²) in [7, 11) is 1.49. The summed E-state index contributed by atoms with van der Waals surface area (Å²) in [6.45, 7) is 1.76. The number of ether oxygens (including phenoxy) is 1. The molecule has 0 aliphatic carbocycles. The number of carbonyl (C=O) groups excluding carboxylic acids is 1. The number of hydrogen-bond donors (Lipinski definition) is 1. The summed E-state index contributed by atoms with van der Waals surface area (Å²) < 4.78 is 5.06. The molecule has 0 bridgehead atoms. The average molecular weight is 208 g/mol. The zero-order valence-corrected chi connectivity index (χ0v) is 8.61. The van der Waals surface area contributed by atoms with E-state index in [9.17, 15) is 9.59 Å². The number of carboxylic acids is 1. The van der Waals surface area contributed by atoms with Gasteiger partial charge in [-0.15, -0.1) is 0 Å². The van der Waals surface area contributed by atoms with E-state index in [-0.39, 0.29) is 6.42 Å². The van der Waals surface area contributed by atoms with Gasteiger partial charge >= 0.3 is 5.97 Å². The predicted octanol–water partition coefficient (Wildman–Crippen LogP) is 1.44. The van der Waals surface area contributed by atoms with Crippen LogP contribution in [-0.4, -0.2) is 24.5 Å². The van der Waals surface area contributed by atoms with Crippen molar-refractivity contribution in [2.45, 2.75) is 13.3 Å². The van der Waals surface area contributed by atoms with E-state index in [1.807, 2.05) is 0 Å². The molecule has 0 fully saturated rings. The molecule has 4 heteroatoms. The smallest absolute Gasteiger partial charge is 0.307 e. The second-order valence-corrected chi connectivity index (χ2v) is 3.20. The Morgan fingerprint density at radius 1 is 1.53 bits per heavy atom. The number of methoxy groups -OCH3 is 1. The highest BCUT2D eigenvalue weighted by Crippen LogP contribution is 2.23. The fourth-order valence-electron chi connectivity index (χ4n) is 1.38. The first-order chi connectivity index (χ1) is 7.08. The van der Waals surface area contributed by atoms with Crippen LogP contribution >= 0.6 is 0 Å². The Bertz CT molecular complexity index is 396. The van der Waals surface area contributed by atoms with E-state index in [1.54, 1.807) is 19.1 Å². The van der Waals surface area contributed by atoms with Gasteiger partial charge < -0.3 is 9.84 Å². The lowest BCUT2D eigenvalue weighted by Gasteiger charge is -2.09.